The minimum atomic E-state index is -6.40. The van der Waals surface area contributed by atoms with E-state index in [1.807, 2.05) is 5.32 Å². The first-order valence-corrected chi connectivity index (χ1v) is 8.41. The van der Waals surface area contributed by atoms with E-state index in [1.54, 1.807) is 0 Å². The predicted octanol–water partition coefficient (Wildman–Crippen LogP) is 6.17. The molecule has 180 valence electrons. The highest BCUT2D eigenvalue weighted by atomic mass is 19.4. The molecule has 0 aromatic heterocycles. The number of amides is 1. The van der Waals surface area contributed by atoms with Crippen LogP contribution in [0.5, 0.6) is 0 Å². The fourth-order valence-corrected chi connectivity index (χ4v) is 2.94. The zero-order valence-corrected chi connectivity index (χ0v) is 16.2. The molecule has 0 saturated carbocycles. The number of carbonyl (C=O) groups excluding carboxylic acids is 1. The molecule has 2 aromatic rings. The van der Waals surface area contributed by atoms with Crippen molar-refractivity contribution in [2.45, 2.75) is 31.9 Å². The van der Waals surface area contributed by atoms with Gasteiger partial charge in [0.1, 0.15) is 0 Å². The van der Waals surface area contributed by atoms with E-state index in [9.17, 15) is 58.8 Å². The molecule has 0 aliphatic rings. The van der Waals surface area contributed by atoms with Crippen LogP contribution in [-0.2, 0) is 5.67 Å². The number of rotatable bonds is 4. The van der Waals surface area contributed by atoms with Crippen LogP contribution >= 0.6 is 0 Å². The molecule has 0 unspecified atom stereocenters. The summed E-state index contributed by atoms with van der Waals surface area (Å²) >= 11 is 0. The molecular formula is C18H10F10N2O3. The summed E-state index contributed by atoms with van der Waals surface area (Å²) in [6, 6.07) is 0.229. The van der Waals surface area contributed by atoms with Crippen LogP contribution in [0.2, 0.25) is 0 Å². The van der Waals surface area contributed by atoms with Crippen molar-refractivity contribution in [3.63, 3.8) is 0 Å². The van der Waals surface area contributed by atoms with Gasteiger partial charge in [-0.05, 0) is 31.0 Å². The maximum Gasteiger partial charge on any atom is 0.435 e. The SMILES string of the molecule is Cc1cc(C(F)(C(F)(F)F)C(F)(F)F)cc(C)c1NC(=O)c1cc(F)c(F)c([N+](=O)[O-])c1F. The lowest BCUT2D eigenvalue weighted by Gasteiger charge is -2.31. The third kappa shape index (κ3) is 4.30. The molecule has 0 aliphatic heterocycles. The third-order valence-electron chi connectivity index (χ3n) is 4.51. The molecule has 0 heterocycles. The summed E-state index contributed by atoms with van der Waals surface area (Å²) in [4.78, 5) is 21.4. The van der Waals surface area contributed by atoms with Crippen molar-refractivity contribution in [2.75, 3.05) is 5.32 Å². The summed E-state index contributed by atoms with van der Waals surface area (Å²) < 4.78 is 133. The number of hydrogen-bond donors (Lipinski definition) is 1. The molecule has 2 rings (SSSR count). The van der Waals surface area contributed by atoms with Gasteiger partial charge in [0.25, 0.3) is 5.91 Å². The highest BCUT2D eigenvalue weighted by Gasteiger charge is 2.73. The Kier molecular flexibility index (Phi) is 6.42. The molecule has 33 heavy (non-hydrogen) atoms. The zero-order valence-electron chi connectivity index (χ0n) is 16.2. The fourth-order valence-electron chi connectivity index (χ4n) is 2.94. The van der Waals surface area contributed by atoms with Crippen LogP contribution < -0.4 is 5.32 Å². The Morgan fingerprint density at radius 1 is 0.879 bits per heavy atom. The van der Waals surface area contributed by atoms with Gasteiger partial charge in [-0.2, -0.15) is 35.1 Å². The minimum absolute atomic E-state index is 0.0358. The number of nitro benzene ring substituents is 1. The highest BCUT2D eigenvalue weighted by Crippen LogP contribution is 2.53. The first-order valence-electron chi connectivity index (χ1n) is 8.41. The number of nitrogens with one attached hydrogen (secondary N) is 1. The first kappa shape index (κ1) is 25.9. The second kappa shape index (κ2) is 8.19. The average molecular weight is 492 g/mol. The van der Waals surface area contributed by atoms with E-state index in [-0.39, 0.29) is 18.2 Å². The van der Waals surface area contributed by atoms with E-state index in [0.29, 0.717) is 0 Å². The second-order valence-electron chi connectivity index (χ2n) is 6.73. The number of nitrogens with zero attached hydrogens (tertiary/aromatic N) is 1. The van der Waals surface area contributed by atoms with Crippen LogP contribution in [0.25, 0.3) is 0 Å². The van der Waals surface area contributed by atoms with E-state index in [2.05, 4.69) is 0 Å². The number of nitro groups is 1. The molecule has 0 atom stereocenters. The van der Waals surface area contributed by atoms with Gasteiger partial charge in [0, 0.05) is 11.3 Å². The summed E-state index contributed by atoms with van der Waals surface area (Å²) in [5.41, 5.74) is -12.6. The molecule has 0 aliphatic carbocycles. The van der Waals surface area contributed by atoms with Gasteiger partial charge in [-0.15, -0.1) is 0 Å². The largest absolute Gasteiger partial charge is 0.435 e. The smallest absolute Gasteiger partial charge is 0.321 e. The van der Waals surface area contributed by atoms with Crippen molar-refractivity contribution in [3.8, 4) is 0 Å². The van der Waals surface area contributed by atoms with Crippen LogP contribution in [0.1, 0.15) is 27.0 Å². The molecule has 0 fully saturated rings. The number of aryl methyl sites for hydroxylation is 2. The van der Waals surface area contributed by atoms with Crippen molar-refractivity contribution in [2.24, 2.45) is 0 Å². The van der Waals surface area contributed by atoms with E-state index in [1.165, 1.54) is 0 Å². The monoisotopic (exact) mass is 492 g/mol. The summed E-state index contributed by atoms with van der Waals surface area (Å²) in [7, 11) is 0. The van der Waals surface area contributed by atoms with E-state index >= 15 is 0 Å². The molecule has 0 spiro atoms. The van der Waals surface area contributed by atoms with E-state index in [4.69, 9.17) is 0 Å². The summed E-state index contributed by atoms with van der Waals surface area (Å²) in [5, 5.41) is 12.6. The number of carbonyl (C=O) groups is 1. The molecule has 1 N–H and O–H groups in total. The Morgan fingerprint density at radius 2 is 1.33 bits per heavy atom. The molecule has 1 amide bonds. The molecule has 0 bridgehead atoms. The fraction of sp³-hybridized carbons (Fsp3) is 0.278. The quantitative estimate of drug-likeness (QED) is 0.240. The third-order valence-corrected chi connectivity index (χ3v) is 4.51. The topological polar surface area (TPSA) is 72.2 Å². The van der Waals surface area contributed by atoms with Crippen LogP contribution in [0.3, 0.4) is 0 Å². The summed E-state index contributed by atoms with van der Waals surface area (Å²) in [5.74, 6) is -7.91. The van der Waals surface area contributed by atoms with Gasteiger partial charge in [0.2, 0.25) is 11.6 Å². The maximum atomic E-state index is 14.3. The standard InChI is InChI=1S/C18H10F10N2O3/c1-6-3-8(16(22,17(23,24)25)18(26,27)28)4-7(2)13(6)29-15(31)9-5-10(19)12(21)14(11(9)20)30(32)33/h3-5H,1-2H3,(H,29,31). The Labute approximate surface area is 177 Å². The van der Waals surface area contributed by atoms with Crippen LogP contribution in [0, 0.1) is 41.4 Å². The predicted molar refractivity (Wildman–Crippen MR) is 91.7 cm³/mol. The lowest BCUT2D eigenvalue weighted by atomic mass is 9.90. The lowest BCUT2D eigenvalue weighted by molar-refractivity contribution is -0.390. The Morgan fingerprint density at radius 3 is 1.73 bits per heavy atom. The molecule has 5 nitrogen and oxygen atoms in total. The first-order chi connectivity index (χ1) is 14.8. The molecule has 0 radical (unpaired) electrons. The summed E-state index contributed by atoms with van der Waals surface area (Å²) in [6.07, 6.45) is -12.8. The number of hydrogen-bond acceptors (Lipinski definition) is 3. The molecular weight excluding hydrogens is 482 g/mol. The molecule has 15 heteroatoms. The van der Waals surface area contributed by atoms with Crippen LogP contribution in [0.15, 0.2) is 18.2 Å². The molecule has 0 saturated heterocycles. The Balaban J connectivity index is 2.58. The van der Waals surface area contributed by atoms with Crippen LogP contribution in [-0.4, -0.2) is 23.2 Å². The average Bonchev–Trinajstić information content (AvgIpc) is 2.64. The number of halogens is 10. The van der Waals surface area contributed by atoms with Crippen molar-refractivity contribution < 1.29 is 53.6 Å². The van der Waals surface area contributed by atoms with E-state index < -0.39 is 79.9 Å². The number of anilines is 1. The van der Waals surface area contributed by atoms with Gasteiger partial charge in [0.05, 0.1) is 10.5 Å². The maximum absolute atomic E-state index is 14.3. The van der Waals surface area contributed by atoms with Gasteiger partial charge in [-0.25, -0.2) is 8.78 Å². The van der Waals surface area contributed by atoms with Gasteiger partial charge in [-0.1, -0.05) is 12.1 Å². The molecule has 2 aromatic carbocycles. The van der Waals surface area contributed by atoms with Crippen molar-refractivity contribution in [3.05, 3.63) is 68.0 Å². The van der Waals surface area contributed by atoms with Crippen LogP contribution in [0.4, 0.5) is 55.3 Å². The van der Waals surface area contributed by atoms with Crippen molar-refractivity contribution in [1.82, 2.24) is 0 Å². The lowest BCUT2D eigenvalue weighted by Crippen LogP contribution is -2.50. The highest BCUT2D eigenvalue weighted by molar-refractivity contribution is 6.05. The summed E-state index contributed by atoms with van der Waals surface area (Å²) in [6.45, 7) is 1.76. The Bertz CT molecular complexity index is 1100. The van der Waals surface area contributed by atoms with E-state index in [0.717, 1.165) is 13.8 Å². The van der Waals surface area contributed by atoms with Gasteiger partial charge >= 0.3 is 23.7 Å². The van der Waals surface area contributed by atoms with Gasteiger partial charge in [-0.3, -0.25) is 14.9 Å². The van der Waals surface area contributed by atoms with Gasteiger partial charge < -0.3 is 5.32 Å². The van der Waals surface area contributed by atoms with Gasteiger partial charge in [0.15, 0.2) is 5.82 Å². The minimum Gasteiger partial charge on any atom is -0.321 e. The normalized spacial score (nSPS) is 12.6. The second-order valence-corrected chi connectivity index (χ2v) is 6.73. The number of alkyl halides is 7. The van der Waals surface area contributed by atoms with Crippen molar-refractivity contribution >= 4 is 17.3 Å². The Hall–Kier alpha value is -3.39. The zero-order chi connectivity index (χ0) is 25.7. The van der Waals surface area contributed by atoms with Crippen molar-refractivity contribution in [1.29, 1.82) is 0 Å². The number of benzene rings is 2.